The molecular formula is C24H26F2N6O. The van der Waals surface area contributed by atoms with Gasteiger partial charge in [-0.3, -0.25) is 4.79 Å². The Kier molecular flexibility index (Phi) is 5.02. The topological polar surface area (TPSA) is 76.8 Å². The van der Waals surface area contributed by atoms with Gasteiger partial charge >= 0.3 is 0 Å². The lowest BCUT2D eigenvalue weighted by molar-refractivity contribution is -0.133. The largest absolute Gasteiger partial charge is 0.340 e. The van der Waals surface area contributed by atoms with E-state index < -0.39 is 11.6 Å². The first-order chi connectivity index (χ1) is 15.8. The van der Waals surface area contributed by atoms with Crippen molar-refractivity contribution in [2.24, 2.45) is 5.41 Å². The minimum atomic E-state index is -0.655. The van der Waals surface area contributed by atoms with Gasteiger partial charge in [0.25, 0.3) is 0 Å². The Bertz CT molecular complexity index is 1190. The van der Waals surface area contributed by atoms with Crippen LogP contribution in [-0.4, -0.2) is 49.1 Å². The second kappa shape index (κ2) is 7.67. The number of carbonyl (C=O) groups excluding carboxylic acids is 1. The Morgan fingerprint density at radius 1 is 1.24 bits per heavy atom. The van der Waals surface area contributed by atoms with Gasteiger partial charge in [-0.2, -0.15) is 10.2 Å². The van der Waals surface area contributed by atoms with Crippen LogP contribution in [0.2, 0.25) is 0 Å². The number of halogens is 2. The number of likely N-dealkylation sites (N-methyl/N-ethyl adjacent to an activating group) is 1. The average Bonchev–Trinajstić information content (AvgIpc) is 3.42. The van der Waals surface area contributed by atoms with E-state index in [1.54, 1.807) is 18.5 Å². The summed E-state index contributed by atoms with van der Waals surface area (Å²) >= 11 is 0. The first-order valence-electron chi connectivity index (χ1n) is 11.2. The van der Waals surface area contributed by atoms with Gasteiger partial charge in [-0.05, 0) is 54.9 Å². The summed E-state index contributed by atoms with van der Waals surface area (Å²) in [6.07, 6.45) is 5.03. The van der Waals surface area contributed by atoms with Crippen LogP contribution in [0.5, 0.6) is 0 Å². The Labute approximate surface area is 190 Å². The molecule has 0 unspecified atom stereocenters. The highest BCUT2D eigenvalue weighted by atomic mass is 19.1. The third-order valence-electron chi connectivity index (χ3n) is 7.80. The summed E-state index contributed by atoms with van der Waals surface area (Å²) in [6.45, 7) is 7.54. The fourth-order valence-electron chi connectivity index (χ4n) is 5.90. The van der Waals surface area contributed by atoms with Gasteiger partial charge in [0.1, 0.15) is 18.2 Å². The lowest BCUT2D eigenvalue weighted by atomic mass is 9.68. The number of benzene rings is 1. The number of hydrogen-bond acceptors (Lipinski definition) is 5. The minimum Gasteiger partial charge on any atom is -0.340 e. The fraction of sp³-hybridized carbons (Fsp3) is 0.458. The molecule has 0 aliphatic heterocycles. The molecule has 2 heterocycles. The van der Waals surface area contributed by atoms with E-state index in [1.807, 2.05) is 11.8 Å². The van der Waals surface area contributed by atoms with Gasteiger partial charge in [0.05, 0.1) is 23.1 Å². The predicted octanol–water partition coefficient (Wildman–Crippen LogP) is 3.72. The molecule has 1 aromatic carbocycles. The number of rotatable bonds is 6. The first kappa shape index (κ1) is 21.6. The molecule has 2 aromatic heterocycles. The average molecular weight is 453 g/mol. The molecule has 1 saturated carbocycles. The molecule has 2 bridgehead atoms. The Hall–Kier alpha value is -3.23. The minimum absolute atomic E-state index is 0.0388. The standard InChI is InChI=1S/C24H26F2N6O/c1-4-31(20(33)13-32-11-10-27-30-32)14-24-9-8-16(23(24,2)3)15-12-19(28-29-22(15)24)21-17(25)6-5-7-18(21)26/h5-7,10-12,16H,4,8-9,13-14H2,1-3H3/t16-,24-/m0/s1. The molecule has 3 aromatic rings. The number of hydrogen-bond donors (Lipinski definition) is 0. The fourth-order valence-corrected chi connectivity index (χ4v) is 5.90. The molecule has 33 heavy (non-hydrogen) atoms. The van der Waals surface area contributed by atoms with E-state index in [0.29, 0.717) is 13.1 Å². The van der Waals surface area contributed by atoms with Crippen LogP contribution in [-0.2, 0) is 16.8 Å². The van der Waals surface area contributed by atoms with Gasteiger partial charge in [-0.1, -0.05) is 25.1 Å². The van der Waals surface area contributed by atoms with E-state index in [1.165, 1.54) is 22.9 Å². The van der Waals surface area contributed by atoms with Crippen molar-refractivity contribution in [1.29, 1.82) is 0 Å². The Morgan fingerprint density at radius 3 is 2.67 bits per heavy atom. The number of amides is 1. The summed E-state index contributed by atoms with van der Waals surface area (Å²) in [4.78, 5) is 14.9. The van der Waals surface area contributed by atoms with Crippen molar-refractivity contribution in [3.63, 3.8) is 0 Å². The van der Waals surface area contributed by atoms with E-state index in [9.17, 15) is 13.6 Å². The van der Waals surface area contributed by atoms with Crippen LogP contribution in [0.4, 0.5) is 8.78 Å². The Balaban J connectivity index is 1.52. The lowest BCUT2D eigenvalue weighted by Gasteiger charge is -2.41. The quantitative estimate of drug-likeness (QED) is 0.570. The van der Waals surface area contributed by atoms with Crippen LogP contribution in [0.3, 0.4) is 0 Å². The van der Waals surface area contributed by atoms with Crippen LogP contribution in [0.15, 0.2) is 36.7 Å². The van der Waals surface area contributed by atoms with Crippen LogP contribution in [0, 0.1) is 17.0 Å². The maximum absolute atomic E-state index is 14.4. The summed E-state index contributed by atoms with van der Waals surface area (Å²) in [5.41, 5.74) is 1.32. The van der Waals surface area contributed by atoms with Crippen LogP contribution < -0.4 is 0 Å². The zero-order chi connectivity index (χ0) is 23.4. The second-order valence-corrected chi connectivity index (χ2v) is 9.53. The van der Waals surface area contributed by atoms with E-state index in [2.05, 4.69) is 34.4 Å². The third-order valence-corrected chi connectivity index (χ3v) is 7.80. The molecule has 9 heteroatoms. The highest BCUT2D eigenvalue weighted by Gasteiger charge is 2.64. The van der Waals surface area contributed by atoms with E-state index in [0.717, 1.165) is 24.1 Å². The lowest BCUT2D eigenvalue weighted by Crippen LogP contribution is -2.49. The molecule has 0 saturated heterocycles. The van der Waals surface area contributed by atoms with Gasteiger partial charge in [0, 0.05) is 24.7 Å². The number of fused-ring (bicyclic) bond motifs is 5. The third kappa shape index (κ3) is 3.16. The first-order valence-corrected chi connectivity index (χ1v) is 11.2. The zero-order valence-corrected chi connectivity index (χ0v) is 18.9. The summed E-state index contributed by atoms with van der Waals surface area (Å²) in [6, 6.07) is 5.59. The number of aromatic nitrogens is 5. The SMILES string of the molecule is CCN(C[C@@]12CC[C@@H](c3cc(-c4c(F)cccc4F)nnc31)C2(C)C)C(=O)Cn1ccnn1. The monoisotopic (exact) mass is 452 g/mol. The zero-order valence-electron chi connectivity index (χ0n) is 18.9. The molecule has 1 fully saturated rings. The summed E-state index contributed by atoms with van der Waals surface area (Å²) in [5, 5.41) is 16.5. The highest BCUT2D eigenvalue weighted by Crippen LogP contribution is 2.67. The van der Waals surface area contributed by atoms with Gasteiger partial charge in [0.15, 0.2) is 0 Å². The molecule has 0 spiro atoms. The summed E-state index contributed by atoms with van der Waals surface area (Å²) in [7, 11) is 0. The molecule has 2 atom stereocenters. The molecule has 2 aliphatic rings. The van der Waals surface area contributed by atoms with E-state index >= 15 is 0 Å². The molecule has 1 amide bonds. The summed E-state index contributed by atoms with van der Waals surface area (Å²) < 4.78 is 30.3. The number of carbonyl (C=O) groups is 1. The van der Waals surface area contributed by atoms with Gasteiger partial charge in [-0.15, -0.1) is 5.10 Å². The van der Waals surface area contributed by atoms with Gasteiger partial charge in [0.2, 0.25) is 5.91 Å². The number of nitrogens with zero attached hydrogens (tertiary/aromatic N) is 6. The maximum atomic E-state index is 14.4. The van der Waals surface area contributed by atoms with E-state index in [-0.39, 0.29) is 40.5 Å². The van der Waals surface area contributed by atoms with Crippen LogP contribution in [0.25, 0.3) is 11.3 Å². The van der Waals surface area contributed by atoms with Crippen molar-refractivity contribution in [2.45, 2.75) is 51.5 Å². The normalized spacial score (nSPS) is 22.4. The van der Waals surface area contributed by atoms with Gasteiger partial charge in [-0.25, -0.2) is 13.5 Å². The maximum Gasteiger partial charge on any atom is 0.244 e. The van der Waals surface area contributed by atoms with Crippen LogP contribution in [0.1, 0.15) is 50.8 Å². The van der Waals surface area contributed by atoms with E-state index in [4.69, 9.17) is 0 Å². The van der Waals surface area contributed by atoms with Crippen molar-refractivity contribution < 1.29 is 13.6 Å². The molecule has 0 N–H and O–H groups in total. The second-order valence-electron chi connectivity index (χ2n) is 9.53. The highest BCUT2D eigenvalue weighted by molar-refractivity contribution is 5.76. The van der Waals surface area contributed by atoms with Crippen LogP contribution >= 0.6 is 0 Å². The Morgan fingerprint density at radius 2 is 2.00 bits per heavy atom. The summed E-state index contributed by atoms with van der Waals surface area (Å²) in [5.74, 6) is -1.17. The van der Waals surface area contributed by atoms with Crippen molar-refractivity contribution >= 4 is 5.91 Å². The smallest absolute Gasteiger partial charge is 0.244 e. The van der Waals surface area contributed by atoms with Crippen molar-refractivity contribution in [1.82, 2.24) is 30.1 Å². The molecule has 0 radical (unpaired) electrons. The predicted molar refractivity (Wildman–Crippen MR) is 117 cm³/mol. The molecule has 2 aliphatic carbocycles. The molecule has 7 nitrogen and oxygen atoms in total. The van der Waals surface area contributed by atoms with Crippen molar-refractivity contribution in [2.75, 3.05) is 13.1 Å². The van der Waals surface area contributed by atoms with Crippen molar-refractivity contribution in [3.8, 4) is 11.3 Å². The van der Waals surface area contributed by atoms with Gasteiger partial charge < -0.3 is 4.90 Å². The molecular weight excluding hydrogens is 426 g/mol. The van der Waals surface area contributed by atoms with Crippen molar-refractivity contribution in [3.05, 3.63) is 59.6 Å². The molecule has 5 rings (SSSR count). The molecule has 172 valence electrons.